The van der Waals surface area contributed by atoms with Gasteiger partial charge in [-0.1, -0.05) is 6.92 Å². The van der Waals surface area contributed by atoms with Gasteiger partial charge in [0, 0.05) is 45.0 Å². The van der Waals surface area contributed by atoms with Gasteiger partial charge in [-0.3, -0.25) is 4.99 Å². The van der Waals surface area contributed by atoms with Gasteiger partial charge in [-0.15, -0.1) is 0 Å². The van der Waals surface area contributed by atoms with E-state index in [1.165, 1.54) is 38.1 Å². The first-order valence-corrected chi connectivity index (χ1v) is 9.43. The topological polar surface area (TPSA) is 48.1 Å². The summed E-state index contributed by atoms with van der Waals surface area (Å²) in [6, 6.07) is 6.71. The maximum Gasteiger partial charge on any atom is 0.191 e. The molecule has 5 nitrogen and oxygen atoms in total. The zero-order chi connectivity index (χ0) is 17.6. The number of hydrogen-bond acceptors (Lipinski definition) is 3. The summed E-state index contributed by atoms with van der Waals surface area (Å²) in [6.07, 6.45) is 2.45. The molecule has 3 rings (SSSR count). The van der Waals surface area contributed by atoms with Crippen molar-refractivity contribution in [2.24, 2.45) is 16.6 Å². The third kappa shape index (κ3) is 4.84. The van der Waals surface area contributed by atoms with Crippen molar-refractivity contribution in [3.05, 3.63) is 30.1 Å². The summed E-state index contributed by atoms with van der Waals surface area (Å²) in [5, 5.41) is 0. The van der Waals surface area contributed by atoms with Gasteiger partial charge in [0.1, 0.15) is 5.82 Å². The second-order valence-corrected chi connectivity index (χ2v) is 7.10. The third-order valence-electron chi connectivity index (χ3n) is 5.22. The highest BCUT2D eigenvalue weighted by Crippen LogP contribution is 2.18. The molecule has 2 aliphatic rings. The molecule has 1 unspecified atom stereocenters. The Morgan fingerprint density at radius 1 is 1.16 bits per heavy atom. The Labute approximate surface area is 150 Å². The van der Waals surface area contributed by atoms with Crippen LogP contribution in [0.3, 0.4) is 0 Å². The fourth-order valence-electron chi connectivity index (χ4n) is 3.75. The molecule has 2 aliphatic heterocycles. The van der Waals surface area contributed by atoms with E-state index in [1.54, 1.807) is 0 Å². The predicted octanol–water partition coefficient (Wildman–Crippen LogP) is 1.99. The van der Waals surface area contributed by atoms with Gasteiger partial charge in [-0.25, -0.2) is 4.39 Å². The summed E-state index contributed by atoms with van der Waals surface area (Å²) in [6.45, 7) is 10.1. The van der Waals surface area contributed by atoms with Crippen LogP contribution < -0.4 is 10.6 Å². The summed E-state index contributed by atoms with van der Waals surface area (Å²) in [5.74, 6) is 1.13. The number of likely N-dealkylation sites (tertiary alicyclic amines) is 1. The van der Waals surface area contributed by atoms with Crippen LogP contribution >= 0.6 is 0 Å². The van der Waals surface area contributed by atoms with Crippen LogP contribution in [0.2, 0.25) is 0 Å². The van der Waals surface area contributed by atoms with Gasteiger partial charge < -0.3 is 20.4 Å². The van der Waals surface area contributed by atoms with Crippen molar-refractivity contribution >= 4 is 11.6 Å². The molecule has 0 spiro atoms. The van der Waals surface area contributed by atoms with Crippen LogP contribution in [0, 0.1) is 11.7 Å². The molecule has 138 valence electrons. The maximum absolute atomic E-state index is 13.0. The van der Waals surface area contributed by atoms with Gasteiger partial charge in [-0.2, -0.15) is 0 Å². The first-order valence-electron chi connectivity index (χ1n) is 9.43. The molecular weight excluding hydrogens is 317 g/mol. The van der Waals surface area contributed by atoms with E-state index in [-0.39, 0.29) is 5.82 Å². The van der Waals surface area contributed by atoms with Gasteiger partial charge in [-0.05, 0) is 56.1 Å². The smallest absolute Gasteiger partial charge is 0.191 e. The first kappa shape index (κ1) is 18.0. The van der Waals surface area contributed by atoms with E-state index in [9.17, 15) is 4.39 Å². The molecule has 6 heteroatoms. The third-order valence-corrected chi connectivity index (χ3v) is 5.22. The largest absolute Gasteiger partial charge is 0.370 e. The van der Waals surface area contributed by atoms with E-state index in [0.717, 1.165) is 45.0 Å². The Morgan fingerprint density at radius 2 is 1.88 bits per heavy atom. The van der Waals surface area contributed by atoms with Crippen LogP contribution in [0.5, 0.6) is 0 Å². The van der Waals surface area contributed by atoms with Crippen LogP contribution in [-0.2, 0) is 0 Å². The highest BCUT2D eigenvalue weighted by Gasteiger charge is 2.22. The molecular formula is C19H30FN5. The summed E-state index contributed by atoms with van der Waals surface area (Å²) in [4.78, 5) is 11.6. The van der Waals surface area contributed by atoms with Crippen LogP contribution in [0.15, 0.2) is 29.3 Å². The number of nitrogens with two attached hydrogens (primary N) is 1. The number of anilines is 1. The molecule has 1 aromatic rings. The molecule has 2 fully saturated rings. The van der Waals surface area contributed by atoms with Crippen LogP contribution in [-0.4, -0.2) is 68.1 Å². The summed E-state index contributed by atoms with van der Waals surface area (Å²) < 4.78 is 13.0. The van der Waals surface area contributed by atoms with Gasteiger partial charge in [0.2, 0.25) is 0 Å². The van der Waals surface area contributed by atoms with Gasteiger partial charge in [0.05, 0.1) is 0 Å². The minimum atomic E-state index is -0.192. The van der Waals surface area contributed by atoms with Crippen molar-refractivity contribution in [3.8, 4) is 0 Å². The molecule has 0 radical (unpaired) electrons. The van der Waals surface area contributed by atoms with Crippen LogP contribution in [0.4, 0.5) is 10.1 Å². The van der Waals surface area contributed by atoms with Crippen LogP contribution in [0.25, 0.3) is 0 Å². The quantitative estimate of drug-likeness (QED) is 0.654. The van der Waals surface area contributed by atoms with Gasteiger partial charge >= 0.3 is 0 Å². The van der Waals surface area contributed by atoms with Crippen LogP contribution in [0.1, 0.15) is 19.8 Å². The number of benzene rings is 1. The SMILES string of the molecule is CCCN1CCC(CN=C(N)N2CCN(c3ccc(F)cc3)CC2)C1. The fraction of sp³-hybridized carbons (Fsp3) is 0.632. The second kappa shape index (κ2) is 8.52. The zero-order valence-electron chi connectivity index (χ0n) is 15.2. The predicted molar refractivity (Wildman–Crippen MR) is 102 cm³/mol. The lowest BCUT2D eigenvalue weighted by Gasteiger charge is -2.36. The van der Waals surface area contributed by atoms with Crippen molar-refractivity contribution in [1.82, 2.24) is 9.80 Å². The van der Waals surface area contributed by atoms with E-state index < -0.39 is 0 Å². The monoisotopic (exact) mass is 347 g/mol. The molecule has 0 amide bonds. The minimum Gasteiger partial charge on any atom is -0.370 e. The number of aliphatic imine (C=N–C) groups is 1. The summed E-state index contributed by atoms with van der Waals surface area (Å²) in [7, 11) is 0. The standard InChI is InChI=1S/C19H30FN5/c1-2-8-23-9-7-16(15-23)14-22-19(21)25-12-10-24(11-13-25)18-5-3-17(20)4-6-18/h3-6,16H,2,7-15H2,1H3,(H2,21,22). The number of halogens is 1. The average molecular weight is 347 g/mol. The molecule has 0 aromatic heterocycles. The Morgan fingerprint density at radius 3 is 2.56 bits per heavy atom. The second-order valence-electron chi connectivity index (χ2n) is 7.10. The maximum atomic E-state index is 13.0. The number of piperazine rings is 1. The van der Waals surface area contributed by atoms with Crippen molar-refractivity contribution in [2.75, 3.05) is 57.3 Å². The number of hydrogen-bond donors (Lipinski definition) is 1. The van der Waals surface area contributed by atoms with Crippen molar-refractivity contribution in [1.29, 1.82) is 0 Å². The minimum absolute atomic E-state index is 0.192. The Bertz CT molecular complexity index is 566. The molecule has 2 heterocycles. The Kier molecular flexibility index (Phi) is 6.13. The highest BCUT2D eigenvalue weighted by molar-refractivity contribution is 5.78. The molecule has 25 heavy (non-hydrogen) atoms. The van der Waals surface area contributed by atoms with Gasteiger partial charge in [0.25, 0.3) is 0 Å². The number of guanidine groups is 1. The molecule has 0 aliphatic carbocycles. The van der Waals surface area contributed by atoms with Crippen molar-refractivity contribution in [2.45, 2.75) is 19.8 Å². The van der Waals surface area contributed by atoms with E-state index in [4.69, 9.17) is 5.73 Å². The van der Waals surface area contributed by atoms with Gasteiger partial charge in [0.15, 0.2) is 5.96 Å². The molecule has 1 atom stereocenters. The Hall–Kier alpha value is -1.82. The Balaban J connectivity index is 1.45. The molecule has 2 N–H and O–H groups in total. The van der Waals surface area contributed by atoms with E-state index >= 15 is 0 Å². The lowest BCUT2D eigenvalue weighted by atomic mass is 10.1. The van der Waals surface area contributed by atoms with E-state index in [1.807, 2.05) is 12.1 Å². The van der Waals surface area contributed by atoms with E-state index in [2.05, 4.69) is 26.6 Å². The zero-order valence-corrected chi connectivity index (χ0v) is 15.2. The molecule has 2 saturated heterocycles. The lowest BCUT2D eigenvalue weighted by molar-refractivity contribution is 0.325. The fourth-order valence-corrected chi connectivity index (χ4v) is 3.75. The van der Waals surface area contributed by atoms with Crippen molar-refractivity contribution < 1.29 is 4.39 Å². The van der Waals surface area contributed by atoms with E-state index in [0.29, 0.717) is 11.9 Å². The van der Waals surface area contributed by atoms with Crippen molar-refractivity contribution in [3.63, 3.8) is 0 Å². The molecule has 1 aromatic carbocycles. The summed E-state index contributed by atoms with van der Waals surface area (Å²) >= 11 is 0. The summed E-state index contributed by atoms with van der Waals surface area (Å²) in [5.41, 5.74) is 7.29. The lowest BCUT2D eigenvalue weighted by Crippen LogP contribution is -2.51. The normalized spacial score (nSPS) is 22.6. The number of rotatable bonds is 5. The molecule has 0 saturated carbocycles. The highest BCUT2D eigenvalue weighted by atomic mass is 19.1. The average Bonchev–Trinajstić information content (AvgIpc) is 3.08. The molecule has 0 bridgehead atoms. The first-order chi connectivity index (χ1) is 12.2. The number of nitrogens with zero attached hydrogens (tertiary/aromatic N) is 4.